The molecule has 4 heteroatoms. The first-order chi connectivity index (χ1) is 8.50. The van der Waals surface area contributed by atoms with Crippen LogP contribution >= 0.6 is 0 Å². The molecule has 18 heavy (non-hydrogen) atoms. The lowest BCUT2D eigenvalue weighted by atomic mass is 9.83. The van der Waals surface area contributed by atoms with Crippen LogP contribution in [0.3, 0.4) is 0 Å². The van der Waals surface area contributed by atoms with E-state index in [0.29, 0.717) is 0 Å². The first-order valence-electron chi connectivity index (χ1n) is 5.75. The molecule has 1 N–H and O–H groups in total. The Morgan fingerprint density at radius 3 is 2.33 bits per heavy atom. The number of aliphatic hydroxyl groups excluding tert-OH is 1. The fourth-order valence-corrected chi connectivity index (χ4v) is 2.12. The van der Waals surface area contributed by atoms with Crippen LogP contribution in [0, 0.1) is 11.7 Å². The highest BCUT2D eigenvalue weighted by molar-refractivity contribution is 6.25. The summed E-state index contributed by atoms with van der Waals surface area (Å²) in [5.74, 6) is -2.06. The summed E-state index contributed by atoms with van der Waals surface area (Å²) in [7, 11) is 0. The topological polar surface area (TPSA) is 54.4 Å². The highest BCUT2D eigenvalue weighted by Gasteiger charge is 2.31. The Labute approximate surface area is 104 Å². The van der Waals surface area contributed by atoms with Crippen molar-refractivity contribution in [2.24, 2.45) is 5.92 Å². The van der Waals surface area contributed by atoms with Crippen LogP contribution in [0.4, 0.5) is 4.39 Å². The van der Waals surface area contributed by atoms with E-state index in [2.05, 4.69) is 0 Å². The van der Waals surface area contributed by atoms with E-state index in [1.807, 2.05) is 0 Å². The largest absolute Gasteiger partial charge is 0.506 e. The van der Waals surface area contributed by atoms with Gasteiger partial charge in [0.25, 0.3) is 0 Å². The van der Waals surface area contributed by atoms with Crippen LogP contribution in [0.15, 0.2) is 29.8 Å². The van der Waals surface area contributed by atoms with Gasteiger partial charge in [-0.25, -0.2) is 4.39 Å². The molecule has 0 saturated heterocycles. The van der Waals surface area contributed by atoms with E-state index in [-0.39, 0.29) is 29.9 Å². The van der Waals surface area contributed by atoms with E-state index < -0.39 is 23.1 Å². The number of aliphatic hydroxyl groups is 1. The lowest BCUT2D eigenvalue weighted by Gasteiger charge is -2.19. The van der Waals surface area contributed by atoms with Gasteiger partial charge in [0.15, 0.2) is 11.6 Å². The highest BCUT2D eigenvalue weighted by Crippen LogP contribution is 2.28. The van der Waals surface area contributed by atoms with Gasteiger partial charge in [0.05, 0.1) is 5.56 Å². The van der Waals surface area contributed by atoms with Crippen LogP contribution in [0.2, 0.25) is 0 Å². The van der Waals surface area contributed by atoms with Crippen LogP contribution in [-0.4, -0.2) is 16.7 Å². The van der Waals surface area contributed by atoms with Crippen LogP contribution in [0.5, 0.6) is 0 Å². The fraction of sp³-hybridized carbons (Fsp3) is 0.286. The molecular formula is C14H13FO3. The minimum atomic E-state index is -0.651. The average molecular weight is 248 g/mol. The third kappa shape index (κ3) is 2.18. The van der Waals surface area contributed by atoms with Gasteiger partial charge in [0.2, 0.25) is 0 Å². The van der Waals surface area contributed by atoms with Gasteiger partial charge in [-0.1, -0.05) is 19.1 Å². The second-order valence-electron chi connectivity index (χ2n) is 4.56. The van der Waals surface area contributed by atoms with Gasteiger partial charge in [-0.3, -0.25) is 9.59 Å². The van der Waals surface area contributed by atoms with Crippen LogP contribution in [-0.2, 0) is 9.59 Å². The maximum absolute atomic E-state index is 13.5. The molecule has 0 aliphatic heterocycles. The second-order valence-corrected chi connectivity index (χ2v) is 4.56. The molecule has 0 aromatic heterocycles. The number of hydrogen-bond acceptors (Lipinski definition) is 3. The van der Waals surface area contributed by atoms with Crippen LogP contribution < -0.4 is 0 Å². The zero-order valence-electron chi connectivity index (χ0n) is 9.94. The zero-order chi connectivity index (χ0) is 13.3. The van der Waals surface area contributed by atoms with Gasteiger partial charge in [-0.15, -0.1) is 0 Å². The zero-order valence-corrected chi connectivity index (χ0v) is 9.94. The van der Waals surface area contributed by atoms with Crippen molar-refractivity contribution in [3.8, 4) is 0 Å². The smallest absolute Gasteiger partial charge is 0.170 e. The average Bonchev–Trinajstić information content (AvgIpc) is 2.27. The molecule has 0 heterocycles. The van der Waals surface area contributed by atoms with Gasteiger partial charge in [0, 0.05) is 12.8 Å². The molecule has 1 aromatic rings. The molecule has 0 atom stereocenters. The van der Waals surface area contributed by atoms with Crippen molar-refractivity contribution in [3.63, 3.8) is 0 Å². The van der Waals surface area contributed by atoms with E-state index in [1.165, 1.54) is 24.3 Å². The monoisotopic (exact) mass is 248 g/mol. The van der Waals surface area contributed by atoms with E-state index in [4.69, 9.17) is 0 Å². The molecule has 0 radical (unpaired) electrons. The maximum atomic E-state index is 13.5. The number of hydrogen-bond donors (Lipinski definition) is 1. The van der Waals surface area contributed by atoms with Gasteiger partial charge in [-0.2, -0.15) is 0 Å². The van der Waals surface area contributed by atoms with Crippen molar-refractivity contribution in [1.82, 2.24) is 0 Å². The van der Waals surface area contributed by atoms with Crippen molar-refractivity contribution < 1.29 is 19.1 Å². The SMILES string of the molecule is CC1CC(=O)C(=C(O)c2ccccc2F)C(=O)C1. The number of allylic oxidation sites excluding steroid dienone is 1. The van der Waals surface area contributed by atoms with Crippen molar-refractivity contribution in [2.75, 3.05) is 0 Å². The molecule has 1 saturated carbocycles. The Morgan fingerprint density at radius 1 is 1.22 bits per heavy atom. The fourth-order valence-electron chi connectivity index (χ4n) is 2.12. The summed E-state index contributed by atoms with van der Waals surface area (Å²) in [6.45, 7) is 1.80. The van der Waals surface area contributed by atoms with E-state index in [0.717, 1.165) is 0 Å². The summed E-state index contributed by atoms with van der Waals surface area (Å²) >= 11 is 0. The minimum Gasteiger partial charge on any atom is -0.506 e. The predicted octanol–water partition coefficient (Wildman–Crippen LogP) is 2.66. The van der Waals surface area contributed by atoms with Crippen molar-refractivity contribution >= 4 is 17.3 Å². The molecule has 1 fully saturated rings. The van der Waals surface area contributed by atoms with Gasteiger partial charge < -0.3 is 5.11 Å². The Balaban J connectivity index is 2.50. The Bertz CT molecular complexity index is 526. The Hall–Kier alpha value is -1.97. The van der Waals surface area contributed by atoms with E-state index >= 15 is 0 Å². The molecule has 0 unspecified atom stereocenters. The lowest BCUT2D eigenvalue weighted by Crippen LogP contribution is -2.25. The van der Waals surface area contributed by atoms with Gasteiger partial charge in [-0.05, 0) is 18.1 Å². The van der Waals surface area contributed by atoms with Crippen molar-refractivity contribution in [2.45, 2.75) is 19.8 Å². The number of ketones is 2. The molecule has 0 spiro atoms. The summed E-state index contributed by atoms with van der Waals surface area (Å²) in [6, 6.07) is 5.53. The van der Waals surface area contributed by atoms with Crippen LogP contribution in [0.25, 0.3) is 5.76 Å². The molecule has 3 nitrogen and oxygen atoms in total. The molecule has 0 amide bonds. The maximum Gasteiger partial charge on any atom is 0.170 e. The number of Topliss-reactive ketones (excluding diaryl/α,β-unsaturated/α-hetero) is 2. The van der Waals surface area contributed by atoms with Crippen molar-refractivity contribution in [1.29, 1.82) is 0 Å². The molecule has 1 aliphatic carbocycles. The predicted molar refractivity (Wildman–Crippen MR) is 64.4 cm³/mol. The standard InChI is InChI=1S/C14H13FO3/c1-8-6-11(16)13(12(17)7-8)14(18)9-4-2-3-5-10(9)15/h2-5,8,18H,6-7H2,1H3. The highest BCUT2D eigenvalue weighted by atomic mass is 19.1. The summed E-state index contributed by atoms with van der Waals surface area (Å²) in [4.78, 5) is 23.6. The van der Waals surface area contributed by atoms with E-state index in [1.54, 1.807) is 6.92 Å². The number of benzene rings is 1. The molecule has 1 aliphatic rings. The summed E-state index contributed by atoms with van der Waals surface area (Å²) in [6.07, 6.45) is 0.416. The number of rotatable bonds is 1. The Morgan fingerprint density at radius 2 is 1.78 bits per heavy atom. The van der Waals surface area contributed by atoms with Gasteiger partial charge >= 0.3 is 0 Å². The third-order valence-corrected chi connectivity index (χ3v) is 2.99. The molecule has 1 aromatic carbocycles. The summed E-state index contributed by atoms with van der Waals surface area (Å²) < 4.78 is 13.5. The minimum absolute atomic E-state index is 0.0258. The van der Waals surface area contributed by atoms with E-state index in [9.17, 15) is 19.1 Å². The third-order valence-electron chi connectivity index (χ3n) is 2.99. The number of halogens is 1. The lowest BCUT2D eigenvalue weighted by molar-refractivity contribution is -0.125. The molecule has 94 valence electrons. The normalized spacial score (nSPS) is 20.1. The van der Waals surface area contributed by atoms with Gasteiger partial charge in [0.1, 0.15) is 17.1 Å². The van der Waals surface area contributed by atoms with Crippen LogP contribution in [0.1, 0.15) is 25.3 Å². The molecule has 0 bridgehead atoms. The first-order valence-corrected chi connectivity index (χ1v) is 5.75. The molecule has 2 rings (SSSR count). The second kappa shape index (κ2) is 4.72. The molecular weight excluding hydrogens is 235 g/mol. The Kier molecular flexibility index (Phi) is 3.28. The number of carbonyl (C=O) groups excluding carboxylic acids is 2. The number of carbonyl (C=O) groups is 2. The summed E-state index contributed by atoms with van der Waals surface area (Å²) in [5, 5.41) is 9.95. The first kappa shape index (κ1) is 12.5. The summed E-state index contributed by atoms with van der Waals surface area (Å²) in [5.41, 5.74) is -0.373. The van der Waals surface area contributed by atoms with Crippen molar-refractivity contribution in [3.05, 3.63) is 41.2 Å². The quantitative estimate of drug-likeness (QED) is 0.472.